The number of hydrogen-bond acceptors (Lipinski definition) is 2. The summed E-state index contributed by atoms with van der Waals surface area (Å²) in [6, 6.07) is 14.4. The van der Waals surface area contributed by atoms with Crippen LogP contribution in [0.4, 0.5) is 0 Å². The fourth-order valence-corrected chi connectivity index (χ4v) is 6.28. The Labute approximate surface area is 174 Å². The molecule has 29 heavy (non-hydrogen) atoms. The summed E-state index contributed by atoms with van der Waals surface area (Å²) in [6.45, 7) is 6.58. The van der Waals surface area contributed by atoms with Crippen LogP contribution in [0.2, 0.25) is 0 Å². The van der Waals surface area contributed by atoms with Crippen LogP contribution >= 0.6 is 0 Å². The minimum absolute atomic E-state index is 0.103. The van der Waals surface area contributed by atoms with E-state index in [9.17, 15) is 9.90 Å². The summed E-state index contributed by atoms with van der Waals surface area (Å²) in [5.74, 6) is 2.65. The van der Waals surface area contributed by atoms with Crippen LogP contribution in [0, 0.1) is 17.8 Å². The van der Waals surface area contributed by atoms with Gasteiger partial charge in [0.15, 0.2) is 0 Å². The number of phenolic OH excluding ortho intramolecular Hbond substituents is 1. The number of fused-ring (bicyclic) bond motifs is 2. The highest BCUT2D eigenvalue weighted by atomic mass is 16.3. The SMILES string of the molecule is C/C(C=O)=C\c1cccc(-c2ccc(O)c(C34CC(C)CC(CC(C)C3)C4)c2)c1. The van der Waals surface area contributed by atoms with Crippen LogP contribution in [0.1, 0.15) is 64.0 Å². The van der Waals surface area contributed by atoms with Crippen molar-refractivity contribution in [1.82, 2.24) is 0 Å². The van der Waals surface area contributed by atoms with E-state index in [1.54, 1.807) is 0 Å². The van der Waals surface area contributed by atoms with Gasteiger partial charge in [0.25, 0.3) is 0 Å². The Kier molecular flexibility index (Phi) is 5.38. The van der Waals surface area contributed by atoms with Gasteiger partial charge in [0, 0.05) is 5.56 Å². The number of carbonyl (C=O) groups is 1. The van der Waals surface area contributed by atoms with Crippen LogP contribution in [0.15, 0.2) is 48.0 Å². The maximum absolute atomic E-state index is 11.0. The van der Waals surface area contributed by atoms with E-state index >= 15 is 0 Å². The Hall–Kier alpha value is -2.35. The second-order valence-electron chi connectivity index (χ2n) is 9.80. The molecule has 0 radical (unpaired) electrons. The molecular weight excluding hydrogens is 356 g/mol. The van der Waals surface area contributed by atoms with Crippen LogP contribution in [-0.2, 0) is 10.2 Å². The van der Waals surface area contributed by atoms with Crippen LogP contribution in [0.5, 0.6) is 5.75 Å². The van der Waals surface area contributed by atoms with Gasteiger partial charge in [0.05, 0.1) is 0 Å². The number of phenols is 1. The fraction of sp³-hybridized carbons (Fsp3) is 0.444. The molecule has 2 nitrogen and oxygen atoms in total. The lowest BCUT2D eigenvalue weighted by Crippen LogP contribution is -2.42. The molecule has 2 saturated carbocycles. The zero-order valence-corrected chi connectivity index (χ0v) is 17.8. The first kappa shape index (κ1) is 19.9. The van der Waals surface area contributed by atoms with Gasteiger partial charge < -0.3 is 5.11 Å². The predicted molar refractivity (Wildman–Crippen MR) is 120 cm³/mol. The Morgan fingerprint density at radius 2 is 1.69 bits per heavy atom. The van der Waals surface area contributed by atoms with Crippen LogP contribution in [0.3, 0.4) is 0 Å². The number of hydrogen-bond donors (Lipinski definition) is 1. The molecule has 2 fully saturated rings. The van der Waals surface area contributed by atoms with Crippen molar-refractivity contribution in [1.29, 1.82) is 0 Å². The Morgan fingerprint density at radius 3 is 2.38 bits per heavy atom. The van der Waals surface area contributed by atoms with Crippen LogP contribution < -0.4 is 0 Å². The molecule has 2 heteroatoms. The second kappa shape index (κ2) is 7.82. The van der Waals surface area contributed by atoms with Crippen molar-refractivity contribution in [3.63, 3.8) is 0 Å². The molecule has 0 amide bonds. The number of aromatic hydroxyl groups is 1. The summed E-state index contributed by atoms with van der Waals surface area (Å²) in [4.78, 5) is 11.0. The largest absolute Gasteiger partial charge is 0.508 e. The third-order valence-corrected chi connectivity index (χ3v) is 7.00. The first-order valence-corrected chi connectivity index (χ1v) is 11.0. The van der Waals surface area contributed by atoms with E-state index < -0.39 is 0 Å². The van der Waals surface area contributed by atoms with Crippen molar-refractivity contribution < 1.29 is 9.90 Å². The molecule has 2 aliphatic carbocycles. The Balaban J connectivity index is 1.75. The molecule has 2 atom stereocenters. The van der Waals surface area contributed by atoms with Crippen molar-refractivity contribution in [3.05, 3.63) is 59.2 Å². The van der Waals surface area contributed by atoms with E-state index in [4.69, 9.17) is 0 Å². The first-order chi connectivity index (χ1) is 13.9. The molecule has 4 rings (SSSR count). The molecule has 0 aliphatic heterocycles. The molecule has 2 aromatic carbocycles. The summed E-state index contributed by atoms with van der Waals surface area (Å²) in [5, 5.41) is 10.9. The van der Waals surface area contributed by atoms with E-state index in [-0.39, 0.29) is 5.41 Å². The van der Waals surface area contributed by atoms with Crippen molar-refractivity contribution in [2.75, 3.05) is 0 Å². The normalized spacial score (nSPS) is 29.5. The molecule has 1 N–H and O–H groups in total. The monoisotopic (exact) mass is 388 g/mol. The predicted octanol–water partition coefficient (Wildman–Crippen LogP) is 6.77. The highest BCUT2D eigenvalue weighted by molar-refractivity contribution is 5.81. The van der Waals surface area contributed by atoms with Crippen molar-refractivity contribution in [2.45, 2.75) is 58.3 Å². The third kappa shape index (κ3) is 4.03. The number of benzene rings is 2. The number of aldehydes is 1. The van der Waals surface area contributed by atoms with E-state index in [1.807, 2.05) is 37.3 Å². The molecule has 0 heterocycles. The van der Waals surface area contributed by atoms with Gasteiger partial charge in [-0.1, -0.05) is 38.1 Å². The zero-order chi connectivity index (χ0) is 20.6. The topological polar surface area (TPSA) is 37.3 Å². The molecule has 2 aliphatic rings. The highest BCUT2D eigenvalue weighted by Gasteiger charge is 2.46. The minimum atomic E-state index is 0.103. The first-order valence-electron chi connectivity index (χ1n) is 11.0. The lowest BCUT2D eigenvalue weighted by Gasteiger charge is -2.50. The molecule has 2 unspecified atom stereocenters. The maximum Gasteiger partial charge on any atom is 0.145 e. The molecule has 0 saturated heterocycles. The number of carbonyl (C=O) groups excluding carboxylic acids is 1. The van der Waals surface area contributed by atoms with Crippen molar-refractivity contribution in [2.24, 2.45) is 17.8 Å². The van der Waals surface area contributed by atoms with Gasteiger partial charge in [-0.25, -0.2) is 0 Å². The molecule has 152 valence electrons. The van der Waals surface area contributed by atoms with Crippen LogP contribution in [0.25, 0.3) is 17.2 Å². The Morgan fingerprint density at radius 1 is 1.00 bits per heavy atom. The van der Waals surface area contributed by atoms with Gasteiger partial charge in [-0.2, -0.15) is 0 Å². The number of rotatable bonds is 4. The van der Waals surface area contributed by atoms with Gasteiger partial charge >= 0.3 is 0 Å². The van der Waals surface area contributed by atoms with Crippen LogP contribution in [-0.4, -0.2) is 11.4 Å². The minimum Gasteiger partial charge on any atom is -0.508 e. The Bertz CT molecular complexity index is 920. The summed E-state index contributed by atoms with van der Waals surface area (Å²) >= 11 is 0. The quantitative estimate of drug-likeness (QED) is 0.464. The second-order valence-corrected chi connectivity index (χ2v) is 9.80. The lowest BCUT2D eigenvalue weighted by molar-refractivity contribution is -0.104. The molecule has 0 aromatic heterocycles. The summed E-state index contributed by atoms with van der Waals surface area (Å²) < 4.78 is 0. The van der Waals surface area contributed by atoms with Gasteiger partial charge in [0.1, 0.15) is 12.0 Å². The standard InChI is InChI=1S/C27H32O2/c1-18-9-22-10-19(2)15-27(14-18,16-22)25-13-24(7-8-26(25)29)23-6-4-5-21(12-23)11-20(3)17-28/h4-8,11-13,17-19,22,29H,9-10,14-16H2,1-3H3/b20-11+. The van der Waals surface area contributed by atoms with E-state index in [0.29, 0.717) is 23.2 Å². The fourth-order valence-electron chi connectivity index (χ4n) is 6.28. The zero-order valence-electron chi connectivity index (χ0n) is 17.8. The lowest BCUT2D eigenvalue weighted by atomic mass is 9.54. The van der Waals surface area contributed by atoms with Gasteiger partial charge in [0.2, 0.25) is 0 Å². The average Bonchev–Trinajstić information content (AvgIpc) is 2.67. The average molecular weight is 389 g/mol. The van der Waals surface area contributed by atoms with E-state index in [0.717, 1.165) is 34.5 Å². The molecule has 2 bridgehead atoms. The molecular formula is C27H32O2. The van der Waals surface area contributed by atoms with Gasteiger partial charge in [-0.3, -0.25) is 4.79 Å². The van der Waals surface area contributed by atoms with Crippen molar-refractivity contribution >= 4 is 12.4 Å². The smallest absolute Gasteiger partial charge is 0.145 e. The summed E-state index contributed by atoms with van der Waals surface area (Å²) in [7, 11) is 0. The maximum atomic E-state index is 11.0. The third-order valence-electron chi connectivity index (χ3n) is 7.00. The number of allylic oxidation sites excluding steroid dienone is 1. The molecule has 2 aromatic rings. The van der Waals surface area contributed by atoms with Gasteiger partial charge in [-0.15, -0.1) is 0 Å². The van der Waals surface area contributed by atoms with E-state index in [2.05, 4.69) is 32.0 Å². The summed E-state index contributed by atoms with van der Waals surface area (Å²) in [5.41, 5.74) is 5.25. The summed E-state index contributed by atoms with van der Waals surface area (Å²) in [6.07, 6.45) is 9.01. The highest BCUT2D eigenvalue weighted by Crippen LogP contribution is 2.56. The molecule has 0 spiro atoms. The van der Waals surface area contributed by atoms with Gasteiger partial charge in [-0.05, 0) is 109 Å². The van der Waals surface area contributed by atoms with Crippen molar-refractivity contribution in [3.8, 4) is 16.9 Å². The van der Waals surface area contributed by atoms with E-state index in [1.165, 1.54) is 32.1 Å².